The molecule has 0 bridgehead atoms. The van der Waals surface area contributed by atoms with E-state index in [0.29, 0.717) is 17.5 Å². The lowest BCUT2D eigenvalue weighted by atomic mass is 10.5. The van der Waals surface area contributed by atoms with Crippen LogP contribution >= 0.6 is 11.8 Å². The first-order valence-corrected chi connectivity index (χ1v) is 5.35. The summed E-state index contributed by atoms with van der Waals surface area (Å²) >= 11 is 1.25. The second-order valence-corrected chi connectivity index (χ2v) is 3.14. The molecular formula is C9H11FN2OS. The first-order chi connectivity index (χ1) is 6.77. The fourth-order valence-corrected chi connectivity index (χ4v) is 1.23. The van der Waals surface area contributed by atoms with Crippen LogP contribution in [0.5, 0.6) is 0 Å². The summed E-state index contributed by atoms with van der Waals surface area (Å²) in [5.41, 5.74) is 0. The highest BCUT2D eigenvalue weighted by Crippen LogP contribution is 2.15. The molecule has 1 rings (SSSR count). The molecule has 76 valence electrons. The van der Waals surface area contributed by atoms with Crippen molar-refractivity contribution < 1.29 is 9.13 Å². The normalized spacial score (nSPS) is 10.8. The Hall–Kier alpha value is -1.10. The number of rotatable bonds is 4. The zero-order chi connectivity index (χ0) is 10.4. The van der Waals surface area contributed by atoms with Gasteiger partial charge < -0.3 is 4.74 Å². The number of hydrogen-bond donors (Lipinski definition) is 0. The van der Waals surface area contributed by atoms with E-state index in [9.17, 15) is 4.39 Å². The first-order valence-electron chi connectivity index (χ1n) is 4.12. The van der Waals surface area contributed by atoms with E-state index < -0.39 is 5.82 Å². The van der Waals surface area contributed by atoms with Crippen LogP contribution in [-0.4, -0.2) is 22.8 Å². The molecule has 0 aliphatic carbocycles. The third kappa shape index (κ3) is 2.99. The lowest BCUT2D eigenvalue weighted by molar-refractivity contribution is 0.272. The number of halogens is 1. The Morgan fingerprint density at radius 1 is 1.64 bits per heavy atom. The van der Waals surface area contributed by atoms with Crippen LogP contribution in [0.15, 0.2) is 17.5 Å². The lowest BCUT2D eigenvalue weighted by Gasteiger charge is -1.98. The summed E-state index contributed by atoms with van der Waals surface area (Å²) in [5.74, 6) is 0.0512. The van der Waals surface area contributed by atoms with Crippen LogP contribution in [0, 0.1) is 5.82 Å². The van der Waals surface area contributed by atoms with Gasteiger partial charge in [-0.2, -0.15) is 0 Å². The fourth-order valence-electron chi connectivity index (χ4n) is 0.793. The Balaban J connectivity index is 2.79. The molecule has 0 radical (unpaired) electrons. The minimum Gasteiger partial charge on any atom is -0.501 e. The largest absolute Gasteiger partial charge is 0.501 e. The summed E-state index contributed by atoms with van der Waals surface area (Å²) in [4.78, 5) is 7.77. The van der Waals surface area contributed by atoms with Crippen molar-refractivity contribution in [1.29, 1.82) is 0 Å². The van der Waals surface area contributed by atoms with E-state index in [4.69, 9.17) is 4.74 Å². The zero-order valence-electron chi connectivity index (χ0n) is 8.03. The second-order valence-electron chi connectivity index (χ2n) is 2.34. The molecule has 0 amide bonds. The van der Waals surface area contributed by atoms with Gasteiger partial charge in [-0.15, -0.1) is 11.8 Å². The SMILES string of the molecule is CCO/C=C/c1ncc(F)c(SC)n1. The third-order valence-corrected chi connectivity index (χ3v) is 2.08. The molecule has 1 aromatic heterocycles. The molecule has 3 nitrogen and oxygen atoms in total. The Bertz CT molecular complexity index is 331. The molecule has 0 aliphatic rings. The van der Waals surface area contributed by atoms with Gasteiger partial charge in [-0.1, -0.05) is 0 Å². The summed E-state index contributed by atoms with van der Waals surface area (Å²) in [5, 5.41) is 0.344. The van der Waals surface area contributed by atoms with Gasteiger partial charge in [-0.05, 0) is 13.2 Å². The standard InChI is InChI=1S/C9H11FN2OS/c1-3-13-5-4-8-11-6-7(10)9(12-8)14-2/h4-6H,3H2,1-2H3/b5-4+. The van der Waals surface area contributed by atoms with Gasteiger partial charge in [0, 0.05) is 6.08 Å². The van der Waals surface area contributed by atoms with Crippen molar-refractivity contribution in [3.05, 3.63) is 24.1 Å². The Morgan fingerprint density at radius 3 is 3.07 bits per heavy atom. The van der Waals surface area contributed by atoms with E-state index in [1.807, 2.05) is 6.92 Å². The summed E-state index contributed by atoms with van der Waals surface area (Å²) in [6.07, 6.45) is 6.02. The number of ether oxygens (including phenoxy) is 1. The molecule has 1 heterocycles. The molecular weight excluding hydrogens is 203 g/mol. The molecule has 0 aliphatic heterocycles. The van der Waals surface area contributed by atoms with E-state index in [2.05, 4.69) is 9.97 Å². The monoisotopic (exact) mass is 214 g/mol. The molecule has 0 fully saturated rings. The van der Waals surface area contributed by atoms with Crippen molar-refractivity contribution in [2.75, 3.05) is 12.9 Å². The van der Waals surface area contributed by atoms with Crippen LogP contribution in [0.1, 0.15) is 12.7 Å². The average Bonchev–Trinajstić information content (AvgIpc) is 2.21. The van der Waals surface area contributed by atoms with E-state index >= 15 is 0 Å². The van der Waals surface area contributed by atoms with Crippen LogP contribution in [0.4, 0.5) is 4.39 Å². The van der Waals surface area contributed by atoms with Crippen molar-refractivity contribution in [2.45, 2.75) is 11.9 Å². The Labute approximate surface area is 86.4 Å². The van der Waals surface area contributed by atoms with Gasteiger partial charge in [-0.3, -0.25) is 0 Å². The van der Waals surface area contributed by atoms with Gasteiger partial charge >= 0.3 is 0 Å². The first kappa shape index (κ1) is 11.0. The highest BCUT2D eigenvalue weighted by Gasteiger charge is 2.03. The van der Waals surface area contributed by atoms with Gasteiger partial charge in [0.15, 0.2) is 11.6 Å². The van der Waals surface area contributed by atoms with E-state index in [1.165, 1.54) is 18.0 Å². The summed E-state index contributed by atoms with van der Waals surface area (Å²) in [6.45, 7) is 2.47. The van der Waals surface area contributed by atoms with Crippen LogP contribution in [0.2, 0.25) is 0 Å². The molecule has 0 spiro atoms. The topological polar surface area (TPSA) is 35.0 Å². The van der Waals surface area contributed by atoms with Crippen LogP contribution in [-0.2, 0) is 4.74 Å². The highest BCUT2D eigenvalue weighted by molar-refractivity contribution is 7.98. The van der Waals surface area contributed by atoms with E-state index in [1.54, 1.807) is 12.3 Å². The molecule has 0 saturated heterocycles. The fraction of sp³-hybridized carbons (Fsp3) is 0.333. The maximum atomic E-state index is 13.0. The second kappa shape index (κ2) is 5.59. The molecule has 0 aromatic carbocycles. The van der Waals surface area contributed by atoms with Crippen LogP contribution < -0.4 is 0 Å². The number of aromatic nitrogens is 2. The van der Waals surface area contributed by atoms with Crippen LogP contribution in [0.3, 0.4) is 0 Å². The average molecular weight is 214 g/mol. The van der Waals surface area contributed by atoms with Crippen molar-refractivity contribution >= 4 is 17.8 Å². The smallest absolute Gasteiger partial charge is 0.173 e. The summed E-state index contributed by atoms with van der Waals surface area (Å²) in [6, 6.07) is 0. The molecule has 0 N–H and O–H groups in total. The van der Waals surface area contributed by atoms with E-state index in [0.717, 1.165) is 6.20 Å². The minimum atomic E-state index is -0.397. The molecule has 14 heavy (non-hydrogen) atoms. The van der Waals surface area contributed by atoms with Crippen molar-refractivity contribution in [1.82, 2.24) is 9.97 Å². The van der Waals surface area contributed by atoms with Gasteiger partial charge in [0.2, 0.25) is 0 Å². The predicted molar refractivity (Wildman–Crippen MR) is 54.4 cm³/mol. The van der Waals surface area contributed by atoms with Crippen molar-refractivity contribution in [3.8, 4) is 0 Å². The maximum Gasteiger partial charge on any atom is 0.173 e. The summed E-state index contributed by atoms with van der Waals surface area (Å²) < 4.78 is 17.9. The number of hydrogen-bond acceptors (Lipinski definition) is 4. The van der Waals surface area contributed by atoms with Crippen LogP contribution in [0.25, 0.3) is 6.08 Å². The number of nitrogens with zero attached hydrogens (tertiary/aromatic N) is 2. The molecule has 0 atom stereocenters. The zero-order valence-corrected chi connectivity index (χ0v) is 8.84. The predicted octanol–water partition coefficient (Wildman–Crippen LogP) is 2.34. The van der Waals surface area contributed by atoms with E-state index in [-0.39, 0.29) is 0 Å². The van der Waals surface area contributed by atoms with Gasteiger partial charge in [0.1, 0.15) is 5.03 Å². The maximum absolute atomic E-state index is 13.0. The lowest BCUT2D eigenvalue weighted by Crippen LogP contribution is -1.93. The Kier molecular flexibility index (Phi) is 4.39. The Morgan fingerprint density at radius 2 is 2.43 bits per heavy atom. The molecule has 0 saturated carbocycles. The number of thioether (sulfide) groups is 1. The van der Waals surface area contributed by atoms with Gasteiger partial charge in [-0.25, -0.2) is 14.4 Å². The highest BCUT2D eigenvalue weighted by atomic mass is 32.2. The third-order valence-electron chi connectivity index (χ3n) is 1.40. The van der Waals surface area contributed by atoms with Crippen molar-refractivity contribution in [2.24, 2.45) is 0 Å². The molecule has 5 heteroatoms. The van der Waals surface area contributed by atoms with Gasteiger partial charge in [0.25, 0.3) is 0 Å². The van der Waals surface area contributed by atoms with Crippen molar-refractivity contribution in [3.63, 3.8) is 0 Å². The summed E-state index contributed by atoms with van der Waals surface area (Å²) in [7, 11) is 0. The molecule has 1 aromatic rings. The van der Waals surface area contributed by atoms with Gasteiger partial charge in [0.05, 0.1) is 19.1 Å². The quantitative estimate of drug-likeness (QED) is 0.438. The molecule has 0 unspecified atom stereocenters. The minimum absolute atomic E-state index is 0.344.